The molecule has 4 nitrogen and oxygen atoms in total. The molecule has 4 heteroatoms. The third-order valence-corrected chi connectivity index (χ3v) is 3.58. The van der Waals surface area contributed by atoms with Gasteiger partial charge in [0.05, 0.1) is 12.7 Å². The van der Waals surface area contributed by atoms with Gasteiger partial charge >= 0.3 is 0 Å². The fourth-order valence-electron chi connectivity index (χ4n) is 2.28. The van der Waals surface area contributed by atoms with Gasteiger partial charge in [0.1, 0.15) is 0 Å². The van der Waals surface area contributed by atoms with Crippen molar-refractivity contribution in [1.29, 1.82) is 0 Å². The summed E-state index contributed by atoms with van der Waals surface area (Å²) in [5.74, 6) is 1.11. The summed E-state index contributed by atoms with van der Waals surface area (Å²) in [7, 11) is 1.89. The maximum atomic E-state index is 12.0. The number of morpholine rings is 1. The minimum atomic E-state index is 0.161. The van der Waals surface area contributed by atoms with Gasteiger partial charge in [0.2, 0.25) is 5.91 Å². The summed E-state index contributed by atoms with van der Waals surface area (Å²) in [5, 5.41) is 3.28. The van der Waals surface area contributed by atoms with Crippen LogP contribution in [0, 0.1) is 11.8 Å². The molecule has 0 bridgehead atoms. The van der Waals surface area contributed by atoms with Crippen molar-refractivity contribution in [2.45, 2.75) is 25.9 Å². The summed E-state index contributed by atoms with van der Waals surface area (Å²) in [6.07, 6.45) is 2.61. The van der Waals surface area contributed by atoms with Crippen molar-refractivity contribution < 1.29 is 9.53 Å². The fraction of sp³-hybridized carbons (Fsp3) is 0.917. The summed E-state index contributed by atoms with van der Waals surface area (Å²) in [5.41, 5.74) is 0. The Labute approximate surface area is 97.3 Å². The van der Waals surface area contributed by atoms with E-state index in [1.807, 2.05) is 11.9 Å². The van der Waals surface area contributed by atoms with Gasteiger partial charge in [-0.15, -0.1) is 0 Å². The highest BCUT2D eigenvalue weighted by Crippen LogP contribution is 2.37. The Bertz CT molecular complexity index is 247. The molecule has 0 aromatic carbocycles. The smallest absolute Gasteiger partial charge is 0.225 e. The highest BCUT2D eigenvalue weighted by atomic mass is 16.5. The van der Waals surface area contributed by atoms with Crippen LogP contribution >= 0.6 is 0 Å². The van der Waals surface area contributed by atoms with E-state index in [0.29, 0.717) is 12.5 Å². The quantitative estimate of drug-likeness (QED) is 0.758. The second-order valence-electron chi connectivity index (χ2n) is 5.04. The Morgan fingerprint density at radius 2 is 2.31 bits per heavy atom. The summed E-state index contributed by atoms with van der Waals surface area (Å²) < 4.78 is 5.60. The van der Waals surface area contributed by atoms with E-state index >= 15 is 0 Å². The third kappa shape index (κ3) is 2.95. The average Bonchev–Trinajstić information content (AvgIpc) is 3.12. The van der Waals surface area contributed by atoms with E-state index in [1.165, 1.54) is 12.8 Å². The summed E-state index contributed by atoms with van der Waals surface area (Å²) >= 11 is 0. The first-order valence-electron chi connectivity index (χ1n) is 6.26. The van der Waals surface area contributed by atoms with Crippen molar-refractivity contribution in [2.75, 3.05) is 33.3 Å². The van der Waals surface area contributed by atoms with Crippen LogP contribution in [-0.2, 0) is 9.53 Å². The highest BCUT2D eigenvalue weighted by molar-refractivity contribution is 5.78. The predicted molar refractivity (Wildman–Crippen MR) is 62.1 cm³/mol. The lowest BCUT2D eigenvalue weighted by Gasteiger charge is -2.29. The molecular weight excluding hydrogens is 204 g/mol. The molecular formula is C12H22N2O2. The summed E-state index contributed by atoms with van der Waals surface area (Å²) in [6, 6.07) is 0. The van der Waals surface area contributed by atoms with Crippen LogP contribution in [0.1, 0.15) is 19.8 Å². The van der Waals surface area contributed by atoms with Crippen LogP contribution in [0.25, 0.3) is 0 Å². The number of nitrogens with one attached hydrogen (secondary N) is 1. The van der Waals surface area contributed by atoms with E-state index in [-0.39, 0.29) is 17.9 Å². The van der Waals surface area contributed by atoms with Crippen LogP contribution in [0.4, 0.5) is 0 Å². The van der Waals surface area contributed by atoms with Gasteiger partial charge in [-0.1, -0.05) is 6.92 Å². The van der Waals surface area contributed by atoms with Gasteiger partial charge in [0.25, 0.3) is 0 Å². The zero-order valence-electron chi connectivity index (χ0n) is 10.2. The molecule has 2 atom stereocenters. The van der Waals surface area contributed by atoms with Crippen LogP contribution in [0.2, 0.25) is 0 Å². The third-order valence-electron chi connectivity index (χ3n) is 3.58. The summed E-state index contributed by atoms with van der Waals surface area (Å²) in [6.45, 7) is 5.30. The van der Waals surface area contributed by atoms with Crippen molar-refractivity contribution in [3.8, 4) is 0 Å². The normalized spacial score (nSPS) is 27.5. The average molecular weight is 226 g/mol. The first-order chi connectivity index (χ1) is 7.68. The van der Waals surface area contributed by atoms with Gasteiger partial charge in [-0.2, -0.15) is 0 Å². The van der Waals surface area contributed by atoms with E-state index in [2.05, 4.69) is 12.2 Å². The second kappa shape index (κ2) is 5.15. The van der Waals surface area contributed by atoms with E-state index in [9.17, 15) is 4.79 Å². The molecule has 0 aromatic heterocycles. The predicted octanol–water partition coefficient (Wildman–Crippen LogP) is 0.479. The van der Waals surface area contributed by atoms with Crippen LogP contribution < -0.4 is 5.32 Å². The lowest BCUT2D eigenvalue weighted by Crippen LogP contribution is -2.46. The van der Waals surface area contributed by atoms with Gasteiger partial charge in [-0.05, 0) is 18.8 Å². The number of carbonyl (C=O) groups is 1. The van der Waals surface area contributed by atoms with Gasteiger partial charge in [-0.25, -0.2) is 0 Å². The number of rotatable bonds is 4. The number of hydrogen-bond acceptors (Lipinski definition) is 3. The van der Waals surface area contributed by atoms with Crippen molar-refractivity contribution in [2.24, 2.45) is 11.8 Å². The monoisotopic (exact) mass is 226 g/mol. The van der Waals surface area contributed by atoms with Crippen molar-refractivity contribution in [3.63, 3.8) is 0 Å². The van der Waals surface area contributed by atoms with E-state index in [4.69, 9.17) is 4.74 Å². The Kier molecular flexibility index (Phi) is 3.82. The Morgan fingerprint density at radius 1 is 1.56 bits per heavy atom. The fourth-order valence-corrected chi connectivity index (χ4v) is 2.28. The van der Waals surface area contributed by atoms with Gasteiger partial charge in [0, 0.05) is 32.6 Å². The maximum Gasteiger partial charge on any atom is 0.225 e. The van der Waals surface area contributed by atoms with Crippen LogP contribution in [0.5, 0.6) is 0 Å². The molecule has 2 rings (SSSR count). The highest BCUT2D eigenvalue weighted by Gasteiger charge is 2.34. The van der Waals surface area contributed by atoms with Crippen LogP contribution in [0.3, 0.4) is 0 Å². The number of carbonyl (C=O) groups excluding carboxylic acids is 1. The first kappa shape index (κ1) is 11.9. The molecule has 2 fully saturated rings. The molecule has 1 saturated carbocycles. The zero-order valence-corrected chi connectivity index (χ0v) is 10.2. The Hall–Kier alpha value is -0.610. The molecule has 16 heavy (non-hydrogen) atoms. The van der Waals surface area contributed by atoms with Crippen LogP contribution in [0.15, 0.2) is 0 Å². The molecule has 92 valence electrons. The topological polar surface area (TPSA) is 41.6 Å². The largest absolute Gasteiger partial charge is 0.374 e. The van der Waals surface area contributed by atoms with E-state index in [1.54, 1.807) is 0 Å². The Balaban J connectivity index is 1.76. The molecule has 1 N–H and O–H groups in total. The van der Waals surface area contributed by atoms with Crippen molar-refractivity contribution in [3.05, 3.63) is 0 Å². The zero-order chi connectivity index (χ0) is 11.5. The molecule has 2 unspecified atom stereocenters. The molecule has 2 aliphatic rings. The van der Waals surface area contributed by atoms with Gasteiger partial charge in [-0.3, -0.25) is 4.79 Å². The van der Waals surface area contributed by atoms with Gasteiger partial charge in [0.15, 0.2) is 0 Å². The minimum absolute atomic E-state index is 0.161. The number of nitrogens with zero attached hydrogens (tertiary/aromatic N) is 1. The molecule has 1 aliphatic carbocycles. The standard InChI is InChI=1S/C12H22N2O2/c1-9(10-3-4-10)12(15)14(2)8-11-7-13-5-6-16-11/h9-11,13H,3-8H2,1-2H3. The van der Waals surface area contributed by atoms with Crippen molar-refractivity contribution >= 4 is 5.91 Å². The first-order valence-corrected chi connectivity index (χ1v) is 6.26. The molecule has 1 heterocycles. The SMILES string of the molecule is CC(C(=O)N(C)CC1CNCCO1)C1CC1. The molecule has 1 amide bonds. The second-order valence-corrected chi connectivity index (χ2v) is 5.04. The lowest BCUT2D eigenvalue weighted by molar-refractivity contribution is -0.136. The molecule has 0 radical (unpaired) electrons. The van der Waals surface area contributed by atoms with E-state index in [0.717, 1.165) is 19.7 Å². The molecule has 0 spiro atoms. The Morgan fingerprint density at radius 3 is 2.88 bits per heavy atom. The lowest BCUT2D eigenvalue weighted by atomic mass is 10.1. The minimum Gasteiger partial charge on any atom is -0.374 e. The van der Waals surface area contributed by atoms with Gasteiger partial charge < -0.3 is 15.0 Å². The molecule has 1 saturated heterocycles. The number of amides is 1. The maximum absolute atomic E-state index is 12.0. The van der Waals surface area contributed by atoms with E-state index < -0.39 is 0 Å². The summed E-state index contributed by atoms with van der Waals surface area (Å²) in [4.78, 5) is 13.9. The van der Waals surface area contributed by atoms with Crippen molar-refractivity contribution in [1.82, 2.24) is 10.2 Å². The van der Waals surface area contributed by atoms with Crippen LogP contribution in [-0.4, -0.2) is 50.2 Å². The molecule has 0 aromatic rings. The number of hydrogen-bond donors (Lipinski definition) is 1. The molecule has 1 aliphatic heterocycles. The number of ether oxygens (including phenoxy) is 1. The number of likely N-dealkylation sites (N-methyl/N-ethyl adjacent to an activating group) is 1.